The van der Waals surface area contributed by atoms with Gasteiger partial charge in [0.1, 0.15) is 5.75 Å². The minimum absolute atomic E-state index is 0.0849. The van der Waals surface area contributed by atoms with Gasteiger partial charge in [0, 0.05) is 44.1 Å². The van der Waals surface area contributed by atoms with E-state index in [1.165, 1.54) is 23.1 Å². The number of amides is 2. The fourth-order valence-corrected chi connectivity index (χ4v) is 2.80. The maximum absolute atomic E-state index is 12.6. The third-order valence-corrected chi connectivity index (χ3v) is 4.11. The second kappa shape index (κ2) is 7.90. The van der Waals surface area contributed by atoms with Crippen molar-refractivity contribution in [3.8, 4) is 5.75 Å². The summed E-state index contributed by atoms with van der Waals surface area (Å²) in [6, 6.07) is 9.18. The molecule has 1 aliphatic heterocycles. The molecule has 1 saturated heterocycles. The fourth-order valence-electron chi connectivity index (χ4n) is 2.80. The first-order valence-corrected chi connectivity index (χ1v) is 8.08. The van der Waals surface area contributed by atoms with E-state index in [4.69, 9.17) is 0 Å². The van der Waals surface area contributed by atoms with Crippen LogP contribution in [-0.2, 0) is 0 Å². The number of aromatic nitrogens is 1. The number of halogens is 2. The lowest BCUT2D eigenvalue weighted by molar-refractivity contribution is -0.0503. The Morgan fingerprint density at radius 1 is 0.923 bits per heavy atom. The van der Waals surface area contributed by atoms with Crippen molar-refractivity contribution in [1.82, 2.24) is 14.8 Å². The Morgan fingerprint density at radius 2 is 1.50 bits per heavy atom. The highest BCUT2D eigenvalue weighted by Crippen LogP contribution is 2.22. The van der Waals surface area contributed by atoms with Gasteiger partial charge in [-0.2, -0.15) is 8.78 Å². The van der Waals surface area contributed by atoms with Gasteiger partial charge in [0.05, 0.1) is 5.56 Å². The molecule has 0 saturated carbocycles. The molecule has 0 atom stereocenters. The highest BCUT2D eigenvalue weighted by Gasteiger charge is 2.27. The van der Waals surface area contributed by atoms with Crippen LogP contribution in [0.2, 0.25) is 0 Å². The van der Waals surface area contributed by atoms with E-state index in [1.807, 2.05) is 0 Å². The molecule has 1 aliphatic rings. The zero-order valence-electron chi connectivity index (χ0n) is 13.8. The van der Waals surface area contributed by atoms with Crippen molar-refractivity contribution in [2.24, 2.45) is 0 Å². The number of hydrogen-bond acceptors (Lipinski definition) is 4. The van der Waals surface area contributed by atoms with Gasteiger partial charge in [0.25, 0.3) is 11.8 Å². The summed E-state index contributed by atoms with van der Waals surface area (Å²) in [4.78, 5) is 32.1. The van der Waals surface area contributed by atoms with Gasteiger partial charge in [0.2, 0.25) is 0 Å². The molecule has 0 aliphatic carbocycles. The molecule has 0 radical (unpaired) electrons. The monoisotopic (exact) mass is 361 g/mol. The summed E-state index contributed by atoms with van der Waals surface area (Å²) in [6.07, 6.45) is 3.10. The first-order valence-electron chi connectivity index (χ1n) is 8.08. The van der Waals surface area contributed by atoms with E-state index in [1.54, 1.807) is 35.5 Å². The number of pyridine rings is 1. The van der Waals surface area contributed by atoms with Crippen molar-refractivity contribution < 1.29 is 23.1 Å². The molecular formula is C18H17F2N3O3. The van der Waals surface area contributed by atoms with Gasteiger partial charge in [-0.15, -0.1) is 0 Å². The molecule has 1 fully saturated rings. The molecule has 2 amide bonds. The first kappa shape index (κ1) is 17.8. The summed E-state index contributed by atoms with van der Waals surface area (Å²) >= 11 is 0. The zero-order valence-corrected chi connectivity index (χ0v) is 13.8. The third-order valence-electron chi connectivity index (χ3n) is 4.11. The quantitative estimate of drug-likeness (QED) is 0.838. The van der Waals surface area contributed by atoms with Crippen LogP contribution < -0.4 is 4.74 Å². The first-order chi connectivity index (χ1) is 12.6. The second-order valence-electron chi connectivity index (χ2n) is 5.69. The van der Waals surface area contributed by atoms with Crippen molar-refractivity contribution in [3.05, 3.63) is 59.9 Å². The normalized spacial score (nSPS) is 14.4. The van der Waals surface area contributed by atoms with Crippen molar-refractivity contribution in [1.29, 1.82) is 0 Å². The van der Waals surface area contributed by atoms with Crippen LogP contribution in [0.25, 0.3) is 0 Å². The smallest absolute Gasteiger partial charge is 0.387 e. The lowest BCUT2D eigenvalue weighted by atomic mass is 10.1. The Bertz CT molecular complexity index is 778. The Morgan fingerprint density at radius 3 is 2.12 bits per heavy atom. The summed E-state index contributed by atoms with van der Waals surface area (Å²) in [5, 5.41) is 0. The van der Waals surface area contributed by atoms with Crippen molar-refractivity contribution >= 4 is 11.8 Å². The van der Waals surface area contributed by atoms with Gasteiger partial charge in [-0.3, -0.25) is 14.6 Å². The van der Waals surface area contributed by atoms with Crippen LogP contribution in [-0.4, -0.2) is 59.4 Å². The lowest BCUT2D eigenvalue weighted by Gasteiger charge is -2.35. The number of alkyl halides is 2. The van der Waals surface area contributed by atoms with E-state index in [0.717, 1.165) is 0 Å². The Kier molecular flexibility index (Phi) is 5.40. The Hall–Kier alpha value is -3.03. The predicted molar refractivity (Wildman–Crippen MR) is 89.1 cm³/mol. The van der Waals surface area contributed by atoms with E-state index in [9.17, 15) is 18.4 Å². The number of carbonyl (C=O) groups excluding carboxylic acids is 2. The van der Waals surface area contributed by atoms with E-state index in [2.05, 4.69) is 9.72 Å². The summed E-state index contributed by atoms with van der Waals surface area (Å²) < 4.78 is 29.4. The predicted octanol–water partition coefficient (Wildman–Crippen LogP) is 2.28. The van der Waals surface area contributed by atoms with Crippen LogP contribution in [0.4, 0.5) is 8.78 Å². The van der Waals surface area contributed by atoms with Crippen molar-refractivity contribution in [3.63, 3.8) is 0 Å². The number of piperazine rings is 1. The molecule has 0 unspecified atom stereocenters. The maximum atomic E-state index is 12.6. The zero-order chi connectivity index (χ0) is 18.5. The minimum Gasteiger partial charge on any atom is -0.434 e. The van der Waals surface area contributed by atoms with Crippen LogP contribution >= 0.6 is 0 Å². The molecule has 1 aromatic heterocycles. The van der Waals surface area contributed by atoms with Gasteiger partial charge < -0.3 is 14.5 Å². The van der Waals surface area contributed by atoms with Crippen LogP contribution in [0.1, 0.15) is 20.7 Å². The fraction of sp³-hybridized carbons (Fsp3) is 0.278. The van der Waals surface area contributed by atoms with E-state index in [-0.39, 0.29) is 17.2 Å². The second-order valence-corrected chi connectivity index (χ2v) is 5.69. The highest BCUT2D eigenvalue weighted by atomic mass is 19.3. The minimum atomic E-state index is -3.00. The maximum Gasteiger partial charge on any atom is 0.387 e. The van der Waals surface area contributed by atoms with Gasteiger partial charge in [-0.05, 0) is 24.3 Å². The lowest BCUT2D eigenvalue weighted by Crippen LogP contribution is -2.50. The molecule has 1 aromatic carbocycles. The van der Waals surface area contributed by atoms with Crippen LogP contribution in [0.15, 0.2) is 48.8 Å². The molecular weight excluding hydrogens is 344 g/mol. The van der Waals surface area contributed by atoms with Gasteiger partial charge in [-0.1, -0.05) is 12.1 Å². The number of para-hydroxylation sites is 1. The standard InChI is InChI=1S/C18H17F2N3O3/c19-18(20)26-15-4-2-1-3-14(15)17(25)23-11-9-22(10-12-23)16(24)13-5-7-21-8-6-13/h1-8,18H,9-12H2. The number of ether oxygens (including phenoxy) is 1. The molecule has 8 heteroatoms. The SMILES string of the molecule is O=C(c1ccncc1)N1CCN(C(=O)c2ccccc2OC(F)F)CC1. The van der Waals surface area contributed by atoms with Crippen LogP contribution in [0, 0.1) is 0 Å². The highest BCUT2D eigenvalue weighted by molar-refractivity contribution is 5.97. The van der Waals surface area contributed by atoms with Gasteiger partial charge >= 0.3 is 6.61 Å². The molecule has 3 rings (SSSR count). The Labute approximate surface area is 149 Å². The molecule has 6 nitrogen and oxygen atoms in total. The molecule has 26 heavy (non-hydrogen) atoms. The number of benzene rings is 1. The van der Waals surface area contributed by atoms with Crippen LogP contribution in [0.5, 0.6) is 5.75 Å². The Balaban J connectivity index is 1.65. The number of hydrogen-bond donors (Lipinski definition) is 0. The average Bonchev–Trinajstić information content (AvgIpc) is 2.68. The van der Waals surface area contributed by atoms with E-state index in [0.29, 0.717) is 31.7 Å². The van der Waals surface area contributed by atoms with E-state index < -0.39 is 12.5 Å². The van der Waals surface area contributed by atoms with Gasteiger partial charge in [0.15, 0.2) is 0 Å². The average molecular weight is 361 g/mol. The molecule has 2 aromatic rings. The molecule has 0 N–H and O–H groups in total. The van der Waals surface area contributed by atoms with Crippen molar-refractivity contribution in [2.75, 3.05) is 26.2 Å². The molecule has 136 valence electrons. The summed E-state index contributed by atoms with van der Waals surface area (Å²) in [5.74, 6) is -0.666. The number of rotatable bonds is 4. The summed E-state index contributed by atoms with van der Waals surface area (Å²) in [7, 11) is 0. The molecule has 0 bridgehead atoms. The molecule has 2 heterocycles. The summed E-state index contributed by atoms with van der Waals surface area (Å²) in [6.45, 7) is -1.63. The number of nitrogens with zero attached hydrogens (tertiary/aromatic N) is 3. The van der Waals surface area contributed by atoms with Crippen LogP contribution in [0.3, 0.4) is 0 Å². The van der Waals surface area contributed by atoms with E-state index >= 15 is 0 Å². The third kappa shape index (κ3) is 3.96. The topological polar surface area (TPSA) is 62.7 Å². The number of carbonyl (C=O) groups is 2. The largest absolute Gasteiger partial charge is 0.434 e. The van der Waals surface area contributed by atoms with Crippen molar-refractivity contribution in [2.45, 2.75) is 6.61 Å². The summed E-state index contributed by atoms with van der Waals surface area (Å²) in [5.41, 5.74) is 0.622. The van der Waals surface area contributed by atoms with Gasteiger partial charge in [-0.25, -0.2) is 0 Å². The molecule has 0 spiro atoms.